The molecule has 0 spiro atoms. The summed E-state index contributed by atoms with van der Waals surface area (Å²) in [6.45, 7) is 0. The molecule has 140 valence electrons. The minimum atomic E-state index is 0.440. The molecule has 0 bridgehead atoms. The van der Waals surface area contributed by atoms with Crippen molar-refractivity contribution in [2.75, 3.05) is 26.8 Å². The van der Waals surface area contributed by atoms with Crippen molar-refractivity contribution in [2.45, 2.75) is 0 Å². The van der Waals surface area contributed by atoms with E-state index in [4.69, 9.17) is 37.4 Å². The first kappa shape index (κ1) is 19.0. The van der Waals surface area contributed by atoms with Crippen LogP contribution in [0.4, 0.5) is 5.82 Å². The first-order valence-electron chi connectivity index (χ1n) is 7.76. The number of nitrogens with zero attached hydrogens (tertiary/aromatic N) is 3. The third-order valence-electron chi connectivity index (χ3n) is 3.77. The van der Waals surface area contributed by atoms with E-state index in [2.05, 4.69) is 20.5 Å². The number of anilines is 1. The lowest BCUT2D eigenvalue weighted by molar-refractivity contribution is 0.327. The standard InChI is InChI=1S/C18H16Cl2N4O3/c1-25-14-7-13-15(17(27-3)16(14)26-2)18(22-9-21-13)24-23-8-10-4-5-11(19)6-12(10)20/h4-9H,1-3H3,(H,21,22,24)/b23-8+. The Kier molecular flexibility index (Phi) is 5.83. The molecule has 0 aliphatic heterocycles. The first-order chi connectivity index (χ1) is 13.1. The highest BCUT2D eigenvalue weighted by Gasteiger charge is 2.19. The molecular formula is C18H16Cl2N4O3. The molecule has 0 saturated heterocycles. The van der Waals surface area contributed by atoms with E-state index in [0.29, 0.717) is 49.6 Å². The number of hydrazone groups is 1. The number of benzene rings is 2. The molecule has 0 aliphatic rings. The van der Waals surface area contributed by atoms with Crippen LogP contribution in [0.3, 0.4) is 0 Å². The highest BCUT2D eigenvalue weighted by atomic mass is 35.5. The summed E-state index contributed by atoms with van der Waals surface area (Å²) in [4.78, 5) is 8.52. The molecule has 0 saturated carbocycles. The van der Waals surface area contributed by atoms with Crippen LogP contribution in [0.15, 0.2) is 35.7 Å². The number of hydrogen-bond acceptors (Lipinski definition) is 7. The zero-order valence-electron chi connectivity index (χ0n) is 14.8. The maximum atomic E-state index is 6.15. The van der Waals surface area contributed by atoms with E-state index >= 15 is 0 Å². The second-order valence-corrected chi connectivity index (χ2v) is 6.14. The summed E-state index contributed by atoms with van der Waals surface area (Å²) in [7, 11) is 4.61. The number of methoxy groups -OCH3 is 3. The van der Waals surface area contributed by atoms with Crippen molar-refractivity contribution >= 4 is 46.1 Å². The number of rotatable bonds is 6. The van der Waals surface area contributed by atoms with Crippen molar-refractivity contribution in [1.82, 2.24) is 9.97 Å². The van der Waals surface area contributed by atoms with Crippen molar-refractivity contribution in [1.29, 1.82) is 0 Å². The number of halogens is 2. The largest absolute Gasteiger partial charge is 0.493 e. The van der Waals surface area contributed by atoms with E-state index < -0.39 is 0 Å². The van der Waals surface area contributed by atoms with Crippen LogP contribution in [0.5, 0.6) is 17.2 Å². The van der Waals surface area contributed by atoms with E-state index in [0.717, 1.165) is 0 Å². The summed E-state index contributed by atoms with van der Waals surface area (Å²) in [6.07, 6.45) is 2.99. The van der Waals surface area contributed by atoms with Crippen LogP contribution in [0.1, 0.15) is 5.56 Å². The Morgan fingerprint density at radius 2 is 1.78 bits per heavy atom. The lowest BCUT2D eigenvalue weighted by Crippen LogP contribution is -2.01. The monoisotopic (exact) mass is 406 g/mol. The predicted octanol–water partition coefficient (Wildman–Crippen LogP) is 4.41. The van der Waals surface area contributed by atoms with Crippen LogP contribution in [0.2, 0.25) is 10.0 Å². The molecule has 0 amide bonds. The van der Waals surface area contributed by atoms with E-state index in [9.17, 15) is 0 Å². The first-order valence-corrected chi connectivity index (χ1v) is 8.52. The lowest BCUT2D eigenvalue weighted by atomic mass is 10.2. The van der Waals surface area contributed by atoms with Crippen LogP contribution in [-0.2, 0) is 0 Å². The Labute approximate surface area is 165 Å². The Hall–Kier alpha value is -2.77. The third-order valence-corrected chi connectivity index (χ3v) is 4.33. The summed E-state index contributed by atoms with van der Waals surface area (Å²) >= 11 is 12.0. The molecule has 3 rings (SSSR count). The smallest absolute Gasteiger partial charge is 0.204 e. The van der Waals surface area contributed by atoms with Gasteiger partial charge in [0.15, 0.2) is 17.3 Å². The van der Waals surface area contributed by atoms with Gasteiger partial charge in [-0.1, -0.05) is 29.3 Å². The molecule has 1 aromatic heterocycles. The molecule has 0 fully saturated rings. The van der Waals surface area contributed by atoms with E-state index in [-0.39, 0.29) is 0 Å². The van der Waals surface area contributed by atoms with Crippen LogP contribution in [0, 0.1) is 0 Å². The third kappa shape index (κ3) is 3.84. The second kappa shape index (κ2) is 8.28. The van der Waals surface area contributed by atoms with Gasteiger partial charge in [-0.05, 0) is 12.1 Å². The van der Waals surface area contributed by atoms with Crippen molar-refractivity contribution < 1.29 is 14.2 Å². The maximum absolute atomic E-state index is 6.15. The molecule has 9 heteroatoms. The second-order valence-electron chi connectivity index (χ2n) is 5.30. The summed E-state index contributed by atoms with van der Waals surface area (Å²) in [5.41, 5.74) is 4.21. The number of nitrogens with one attached hydrogen (secondary N) is 1. The Morgan fingerprint density at radius 3 is 2.44 bits per heavy atom. The molecule has 0 unspecified atom stereocenters. The van der Waals surface area contributed by atoms with Crippen LogP contribution >= 0.6 is 23.2 Å². The fraction of sp³-hybridized carbons (Fsp3) is 0.167. The van der Waals surface area contributed by atoms with Crippen molar-refractivity contribution in [3.8, 4) is 17.2 Å². The molecule has 0 atom stereocenters. The molecule has 27 heavy (non-hydrogen) atoms. The van der Waals surface area contributed by atoms with E-state index in [1.165, 1.54) is 20.5 Å². The van der Waals surface area contributed by atoms with Gasteiger partial charge in [0.25, 0.3) is 0 Å². The molecule has 0 radical (unpaired) electrons. The van der Waals surface area contributed by atoms with Gasteiger partial charge in [-0.15, -0.1) is 0 Å². The maximum Gasteiger partial charge on any atom is 0.204 e. The van der Waals surface area contributed by atoms with Crippen molar-refractivity contribution in [2.24, 2.45) is 5.10 Å². The quantitative estimate of drug-likeness (QED) is 0.482. The number of ether oxygens (including phenoxy) is 3. The minimum Gasteiger partial charge on any atom is -0.493 e. The number of hydrogen-bond donors (Lipinski definition) is 1. The lowest BCUT2D eigenvalue weighted by Gasteiger charge is -2.15. The van der Waals surface area contributed by atoms with Gasteiger partial charge in [0.2, 0.25) is 5.75 Å². The molecule has 2 aromatic carbocycles. The SMILES string of the molecule is COc1cc2ncnc(N/N=C/c3ccc(Cl)cc3Cl)c2c(OC)c1OC. The molecule has 0 aliphatic carbocycles. The zero-order chi connectivity index (χ0) is 19.4. The number of fused-ring (bicyclic) bond motifs is 1. The molecular weight excluding hydrogens is 391 g/mol. The predicted molar refractivity (Wildman–Crippen MR) is 107 cm³/mol. The topological polar surface area (TPSA) is 77.9 Å². The van der Waals surface area contributed by atoms with Gasteiger partial charge in [-0.2, -0.15) is 5.10 Å². The fourth-order valence-electron chi connectivity index (χ4n) is 2.54. The summed E-state index contributed by atoms with van der Waals surface area (Å²) in [5.74, 6) is 1.83. The van der Waals surface area contributed by atoms with Crippen LogP contribution in [0.25, 0.3) is 10.9 Å². The van der Waals surface area contributed by atoms with E-state index in [1.807, 2.05) is 0 Å². The Bertz CT molecular complexity index is 1010. The Morgan fingerprint density at radius 1 is 1.00 bits per heavy atom. The molecule has 1 heterocycles. The van der Waals surface area contributed by atoms with Crippen LogP contribution in [-0.4, -0.2) is 37.5 Å². The highest BCUT2D eigenvalue weighted by molar-refractivity contribution is 6.36. The van der Waals surface area contributed by atoms with Crippen molar-refractivity contribution in [3.05, 3.63) is 46.2 Å². The summed E-state index contributed by atoms with van der Waals surface area (Å²) in [6, 6.07) is 6.88. The summed E-state index contributed by atoms with van der Waals surface area (Å²) in [5, 5.41) is 5.86. The van der Waals surface area contributed by atoms with Gasteiger partial charge in [0.05, 0.1) is 43.5 Å². The zero-order valence-corrected chi connectivity index (χ0v) is 16.3. The fourth-order valence-corrected chi connectivity index (χ4v) is 3.00. The summed E-state index contributed by atoms with van der Waals surface area (Å²) < 4.78 is 16.3. The normalized spacial score (nSPS) is 11.0. The molecule has 1 N–H and O–H groups in total. The van der Waals surface area contributed by atoms with Gasteiger partial charge in [-0.3, -0.25) is 5.43 Å². The average Bonchev–Trinajstić information content (AvgIpc) is 2.67. The molecule has 7 nitrogen and oxygen atoms in total. The van der Waals surface area contributed by atoms with Gasteiger partial charge < -0.3 is 14.2 Å². The average molecular weight is 407 g/mol. The van der Waals surface area contributed by atoms with Crippen LogP contribution < -0.4 is 19.6 Å². The Balaban J connectivity index is 2.03. The van der Waals surface area contributed by atoms with Crippen molar-refractivity contribution in [3.63, 3.8) is 0 Å². The van der Waals surface area contributed by atoms with Gasteiger partial charge in [0, 0.05) is 16.7 Å². The highest BCUT2D eigenvalue weighted by Crippen LogP contribution is 2.44. The van der Waals surface area contributed by atoms with Gasteiger partial charge >= 0.3 is 0 Å². The van der Waals surface area contributed by atoms with Gasteiger partial charge in [-0.25, -0.2) is 9.97 Å². The molecule has 3 aromatic rings. The minimum absolute atomic E-state index is 0.440. The van der Waals surface area contributed by atoms with Gasteiger partial charge in [0.1, 0.15) is 6.33 Å². The van der Waals surface area contributed by atoms with E-state index in [1.54, 1.807) is 37.6 Å². The number of aromatic nitrogens is 2.